The summed E-state index contributed by atoms with van der Waals surface area (Å²) in [5.74, 6) is 1.83. The van der Waals surface area contributed by atoms with Gasteiger partial charge in [0.15, 0.2) is 11.5 Å². The molecule has 1 atom stereocenters. The fourth-order valence-corrected chi connectivity index (χ4v) is 2.57. The molecule has 0 aliphatic rings. The molecule has 3 rings (SSSR count). The molecule has 0 saturated heterocycles. The minimum atomic E-state index is 0.111. The van der Waals surface area contributed by atoms with Crippen LogP contribution in [0.1, 0.15) is 29.9 Å². The molecule has 0 aliphatic heterocycles. The van der Waals surface area contributed by atoms with Crippen LogP contribution in [0.5, 0.6) is 5.75 Å². The smallest absolute Gasteiger partial charge is 0.160 e. The molecule has 2 aromatic heterocycles. The second-order valence-electron chi connectivity index (χ2n) is 5.39. The molecule has 0 fully saturated rings. The maximum Gasteiger partial charge on any atom is 0.160 e. The molecular weight excluding hydrogens is 276 g/mol. The summed E-state index contributed by atoms with van der Waals surface area (Å²) in [6, 6.07) is 12.2. The Morgan fingerprint density at radius 3 is 2.86 bits per heavy atom. The molecule has 22 heavy (non-hydrogen) atoms. The van der Waals surface area contributed by atoms with Crippen molar-refractivity contribution in [1.29, 1.82) is 0 Å². The van der Waals surface area contributed by atoms with Gasteiger partial charge in [-0.15, -0.1) is 10.2 Å². The normalized spacial score (nSPS) is 12.5. The van der Waals surface area contributed by atoms with Crippen molar-refractivity contribution < 1.29 is 4.74 Å². The summed E-state index contributed by atoms with van der Waals surface area (Å²) in [5, 5.41) is 12.0. The Hall–Kier alpha value is -2.40. The number of ether oxygens (including phenoxy) is 1. The Kier molecular flexibility index (Phi) is 4.06. The van der Waals surface area contributed by atoms with E-state index in [2.05, 4.69) is 41.5 Å². The van der Waals surface area contributed by atoms with E-state index < -0.39 is 0 Å². The van der Waals surface area contributed by atoms with E-state index in [0.29, 0.717) is 0 Å². The lowest BCUT2D eigenvalue weighted by Crippen LogP contribution is -2.20. The summed E-state index contributed by atoms with van der Waals surface area (Å²) in [5.41, 5.74) is 3.23. The van der Waals surface area contributed by atoms with Crippen LogP contribution in [0.25, 0.3) is 5.65 Å². The number of aromatic nitrogens is 3. The molecule has 114 valence electrons. The van der Waals surface area contributed by atoms with Crippen molar-refractivity contribution in [3.8, 4) is 5.75 Å². The topological polar surface area (TPSA) is 51.5 Å². The van der Waals surface area contributed by atoms with Gasteiger partial charge < -0.3 is 10.1 Å². The number of nitrogens with one attached hydrogen (secondary N) is 1. The van der Waals surface area contributed by atoms with Crippen molar-refractivity contribution in [2.45, 2.75) is 26.4 Å². The third-order valence-corrected chi connectivity index (χ3v) is 3.80. The van der Waals surface area contributed by atoms with Gasteiger partial charge in [-0.25, -0.2) is 0 Å². The van der Waals surface area contributed by atoms with E-state index in [9.17, 15) is 0 Å². The van der Waals surface area contributed by atoms with Gasteiger partial charge >= 0.3 is 0 Å². The molecule has 0 saturated carbocycles. The van der Waals surface area contributed by atoms with Crippen LogP contribution in [-0.4, -0.2) is 21.7 Å². The zero-order valence-corrected chi connectivity index (χ0v) is 13.1. The first-order chi connectivity index (χ1) is 10.7. The third kappa shape index (κ3) is 2.80. The van der Waals surface area contributed by atoms with E-state index in [4.69, 9.17) is 4.74 Å². The van der Waals surface area contributed by atoms with Crippen LogP contribution >= 0.6 is 0 Å². The average molecular weight is 296 g/mol. The van der Waals surface area contributed by atoms with Crippen molar-refractivity contribution in [2.24, 2.45) is 0 Å². The van der Waals surface area contributed by atoms with Gasteiger partial charge in [0.2, 0.25) is 0 Å². The van der Waals surface area contributed by atoms with Gasteiger partial charge in [-0.2, -0.15) is 0 Å². The van der Waals surface area contributed by atoms with Crippen LogP contribution < -0.4 is 10.1 Å². The SMILES string of the molecule is COc1ccc(CN[C@@H](C)c2nnc3ccccn23)cc1C. The Bertz CT molecular complexity index is 781. The molecule has 3 aromatic rings. The number of methoxy groups -OCH3 is 1. The first kappa shape index (κ1) is 14.5. The lowest BCUT2D eigenvalue weighted by atomic mass is 10.1. The molecular formula is C17H20N4O. The number of fused-ring (bicyclic) bond motifs is 1. The van der Waals surface area contributed by atoms with Gasteiger partial charge in [0.1, 0.15) is 5.75 Å². The van der Waals surface area contributed by atoms with Gasteiger partial charge in [0.05, 0.1) is 13.2 Å². The molecule has 5 heteroatoms. The third-order valence-electron chi connectivity index (χ3n) is 3.80. The Balaban J connectivity index is 1.72. The number of aryl methyl sites for hydroxylation is 1. The van der Waals surface area contributed by atoms with Gasteiger partial charge in [-0.05, 0) is 43.2 Å². The van der Waals surface area contributed by atoms with Gasteiger partial charge in [0.25, 0.3) is 0 Å². The van der Waals surface area contributed by atoms with Gasteiger partial charge in [-0.1, -0.05) is 18.2 Å². The lowest BCUT2D eigenvalue weighted by Gasteiger charge is -2.13. The molecule has 0 spiro atoms. The van der Waals surface area contributed by atoms with Crippen molar-refractivity contribution in [1.82, 2.24) is 19.9 Å². The summed E-state index contributed by atoms with van der Waals surface area (Å²) < 4.78 is 7.30. The average Bonchev–Trinajstić information content (AvgIpc) is 2.97. The number of hydrogen-bond acceptors (Lipinski definition) is 4. The van der Waals surface area contributed by atoms with Crippen molar-refractivity contribution in [3.05, 3.63) is 59.5 Å². The van der Waals surface area contributed by atoms with Crippen molar-refractivity contribution in [3.63, 3.8) is 0 Å². The van der Waals surface area contributed by atoms with Gasteiger partial charge in [-0.3, -0.25) is 4.40 Å². The second kappa shape index (κ2) is 6.15. The highest BCUT2D eigenvalue weighted by molar-refractivity contribution is 5.38. The minimum absolute atomic E-state index is 0.111. The second-order valence-corrected chi connectivity index (χ2v) is 5.39. The zero-order chi connectivity index (χ0) is 15.5. The largest absolute Gasteiger partial charge is 0.496 e. The number of benzene rings is 1. The van der Waals surface area contributed by atoms with Crippen LogP contribution in [0.4, 0.5) is 0 Å². The quantitative estimate of drug-likeness (QED) is 0.786. The van der Waals surface area contributed by atoms with E-state index in [1.165, 1.54) is 5.56 Å². The van der Waals surface area contributed by atoms with Crippen LogP contribution in [0.2, 0.25) is 0 Å². The first-order valence-electron chi connectivity index (χ1n) is 7.35. The Morgan fingerprint density at radius 2 is 2.09 bits per heavy atom. The number of nitrogens with zero attached hydrogens (tertiary/aromatic N) is 3. The Morgan fingerprint density at radius 1 is 1.23 bits per heavy atom. The van der Waals surface area contributed by atoms with Crippen molar-refractivity contribution >= 4 is 5.65 Å². The van der Waals surface area contributed by atoms with E-state index in [0.717, 1.165) is 29.3 Å². The molecule has 5 nitrogen and oxygen atoms in total. The molecule has 0 unspecified atom stereocenters. The summed E-state index contributed by atoms with van der Waals surface area (Å²) in [6.45, 7) is 4.92. The summed E-state index contributed by atoms with van der Waals surface area (Å²) >= 11 is 0. The number of pyridine rings is 1. The predicted octanol–water partition coefficient (Wildman–Crippen LogP) is 2.90. The van der Waals surface area contributed by atoms with E-state index >= 15 is 0 Å². The maximum atomic E-state index is 5.29. The number of rotatable bonds is 5. The minimum Gasteiger partial charge on any atom is -0.496 e. The standard InChI is InChI=1S/C17H20N4O/c1-12-10-14(7-8-15(12)22-3)11-18-13(2)17-20-19-16-6-4-5-9-21(16)17/h4-10,13,18H,11H2,1-3H3/t13-/m0/s1. The fourth-order valence-electron chi connectivity index (χ4n) is 2.57. The molecule has 1 N–H and O–H groups in total. The van der Waals surface area contributed by atoms with Gasteiger partial charge in [0, 0.05) is 12.7 Å². The van der Waals surface area contributed by atoms with Crippen LogP contribution in [0.3, 0.4) is 0 Å². The summed E-state index contributed by atoms with van der Waals surface area (Å²) in [6.07, 6.45) is 1.99. The molecule has 2 heterocycles. The Labute approximate surface area is 130 Å². The molecule has 0 bridgehead atoms. The van der Waals surface area contributed by atoms with Crippen LogP contribution in [0, 0.1) is 6.92 Å². The van der Waals surface area contributed by atoms with E-state index in [1.807, 2.05) is 34.9 Å². The molecule has 0 radical (unpaired) electrons. The molecule has 0 aliphatic carbocycles. The monoisotopic (exact) mass is 296 g/mol. The van der Waals surface area contributed by atoms with Crippen molar-refractivity contribution in [2.75, 3.05) is 7.11 Å². The van der Waals surface area contributed by atoms with E-state index in [-0.39, 0.29) is 6.04 Å². The fraction of sp³-hybridized carbons (Fsp3) is 0.294. The highest BCUT2D eigenvalue weighted by Gasteiger charge is 2.12. The summed E-state index contributed by atoms with van der Waals surface area (Å²) in [4.78, 5) is 0. The highest BCUT2D eigenvalue weighted by atomic mass is 16.5. The zero-order valence-electron chi connectivity index (χ0n) is 13.1. The lowest BCUT2D eigenvalue weighted by molar-refractivity contribution is 0.411. The first-order valence-corrected chi connectivity index (χ1v) is 7.35. The predicted molar refractivity (Wildman–Crippen MR) is 86.0 cm³/mol. The number of hydrogen-bond donors (Lipinski definition) is 1. The molecule has 0 amide bonds. The van der Waals surface area contributed by atoms with Crippen LogP contribution in [0.15, 0.2) is 42.6 Å². The van der Waals surface area contributed by atoms with E-state index in [1.54, 1.807) is 7.11 Å². The summed E-state index contributed by atoms with van der Waals surface area (Å²) in [7, 11) is 1.69. The highest BCUT2D eigenvalue weighted by Crippen LogP contribution is 2.19. The molecule has 1 aromatic carbocycles. The maximum absolute atomic E-state index is 5.29. The van der Waals surface area contributed by atoms with Crippen LogP contribution in [-0.2, 0) is 6.54 Å².